The zero-order valence-corrected chi connectivity index (χ0v) is 14.0. The minimum absolute atomic E-state index is 0. The van der Waals surface area contributed by atoms with Crippen LogP contribution in [0.2, 0.25) is 0 Å². The Morgan fingerprint density at radius 3 is 2.43 bits per heavy atom. The van der Waals surface area contributed by atoms with Gasteiger partial charge in [-0.2, -0.15) is 0 Å². The Labute approximate surface area is 143 Å². The summed E-state index contributed by atoms with van der Waals surface area (Å²) in [5.41, 5.74) is 3.61. The fraction of sp³-hybridized carbons (Fsp3) is 0.263. The predicted octanol–water partition coefficient (Wildman–Crippen LogP) is 0.712. The molecule has 0 spiro atoms. The van der Waals surface area contributed by atoms with Crippen LogP contribution >= 0.6 is 0 Å². The van der Waals surface area contributed by atoms with Gasteiger partial charge in [0, 0.05) is 25.0 Å². The molecule has 0 saturated carbocycles. The van der Waals surface area contributed by atoms with Crippen molar-refractivity contribution in [2.75, 3.05) is 0 Å². The number of rotatable bonds is 7. The molecule has 1 N–H and O–H groups in total. The second-order valence-corrected chi connectivity index (χ2v) is 5.47. The molecule has 0 saturated heterocycles. The van der Waals surface area contributed by atoms with Crippen LogP contribution in [0, 0.1) is 6.92 Å². The van der Waals surface area contributed by atoms with Crippen molar-refractivity contribution in [2.45, 2.75) is 32.7 Å². The summed E-state index contributed by atoms with van der Waals surface area (Å²) in [4.78, 5) is 10.5. The molecule has 122 valence electrons. The third-order valence-electron chi connectivity index (χ3n) is 3.48. The highest BCUT2D eigenvalue weighted by Crippen LogP contribution is 2.09. The summed E-state index contributed by atoms with van der Waals surface area (Å²) >= 11 is 0. The van der Waals surface area contributed by atoms with Crippen LogP contribution in [0.1, 0.15) is 36.0 Å². The number of nitrogens with zero attached hydrogens (tertiary/aromatic N) is 1. The molecule has 0 atom stereocenters. The Morgan fingerprint density at radius 2 is 1.78 bits per heavy atom. The fourth-order valence-electron chi connectivity index (χ4n) is 2.27. The molecular weight excluding hydrogens is 310 g/mol. The minimum atomic E-state index is -0.721. The van der Waals surface area contributed by atoms with Crippen LogP contribution in [0.15, 0.2) is 48.8 Å². The van der Waals surface area contributed by atoms with Gasteiger partial charge in [-0.05, 0) is 24.5 Å². The number of pyridine rings is 1. The molecule has 0 aliphatic rings. The van der Waals surface area contributed by atoms with Crippen LogP contribution in [-0.4, -0.2) is 11.1 Å². The molecule has 0 fully saturated rings. The van der Waals surface area contributed by atoms with E-state index >= 15 is 0 Å². The highest BCUT2D eigenvalue weighted by molar-refractivity contribution is 5.69. The van der Waals surface area contributed by atoms with E-state index in [1.807, 2.05) is 12.4 Å². The first-order valence-electron chi connectivity index (χ1n) is 7.59. The number of aryl methyl sites for hydroxylation is 2. The lowest BCUT2D eigenvalue weighted by atomic mass is 10.1. The summed E-state index contributed by atoms with van der Waals surface area (Å²) in [7, 11) is 0. The van der Waals surface area contributed by atoms with E-state index in [1.165, 1.54) is 11.1 Å². The van der Waals surface area contributed by atoms with Gasteiger partial charge < -0.3 is 17.5 Å². The lowest BCUT2D eigenvalue weighted by Gasteiger charge is -1.98. The van der Waals surface area contributed by atoms with Crippen molar-refractivity contribution in [3.8, 4) is 0 Å². The first-order chi connectivity index (χ1) is 10.6. The van der Waals surface area contributed by atoms with Gasteiger partial charge in [-0.25, -0.2) is 4.57 Å². The maximum atomic E-state index is 10.5. The highest BCUT2D eigenvalue weighted by Gasteiger charge is 2.02. The number of aromatic nitrogens is 1. The summed E-state index contributed by atoms with van der Waals surface area (Å²) in [5, 5.41) is 8.60. The Kier molecular flexibility index (Phi) is 8.06. The monoisotopic (exact) mass is 331 g/mol. The van der Waals surface area contributed by atoms with Crippen LogP contribution in [0.3, 0.4) is 0 Å². The third kappa shape index (κ3) is 7.11. The summed E-state index contributed by atoms with van der Waals surface area (Å²) in [6, 6.07) is 12.5. The van der Waals surface area contributed by atoms with Gasteiger partial charge >= 0.3 is 5.97 Å². The number of benzene rings is 1. The van der Waals surface area contributed by atoms with E-state index in [9.17, 15) is 4.79 Å². The van der Waals surface area contributed by atoms with Crippen molar-refractivity contribution >= 4 is 18.1 Å². The van der Waals surface area contributed by atoms with Gasteiger partial charge in [-0.3, -0.25) is 4.79 Å². The molecule has 0 aliphatic heterocycles. The van der Waals surface area contributed by atoms with Crippen molar-refractivity contribution in [3.63, 3.8) is 0 Å². The van der Waals surface area contributed by atoms with E-state index in [0.29, 0.717) is 0 Å². The number of carboxylic acids is 1. The maximum Gasteiger partial charge on any atom is 0.303 e. The first-order valence-corrected chi connectivity index (χ1v) is 7.59. The van der Waals surface area contributed by atoms with Gasteiger partial charge in [-0.15, -0.1) is 0 Å². The molecule has 0 unspecified atom stereocenters. The highest BCUT2D eigenvalue weighted by atomic mass is 35.5. The average molecular weight is 332 g/mol. The smallest absolute Gasteiger partial charge is 0.303 e. The van der Waals surface area contributed by atoms with Crippen LogP contribution in [0.4, 0.5) is 0 Å². The number of aliphatic carboxylic acids is 1. The molecule has 2 aromatic rings. The van der Waals surface area contributed by atoms with E-state index in [4.69, 9.17) is 5.11 Å². The van der Waals surface area contributed by atoms with E-state index in [0.717, 1.165) is 24.9 Å². The van der Waals surface area contributed by atoms with Crippen molar-refractivity contribution in [3.05, 3.63) is 65.5 Å². The molecule has 4 heteroatoms. The quantitative estimate of drug-likeness (QED) is 0.600. The molecule has 3 nitrogen and oxygen atoms in total. The molecule has 0 aliphatic carbocycles. The minimum Gasteiger partial charge on any atom is -1.00 e. The van der Waals surface area contributed by atoms with Crippen molar-refractivity contribution < 1.29 is 26.9 Å². The zero-order chi connectivity index (χ0) is 15.8. The molecule has 1 heterocycles. The molecule has 0 bridgehead atoms. The lowest BCUT2D eigenvalue weighted by molar-refractivity contribution is -0.697. The van der Waals surface area contributed by atoms with Crippen molar-refractivity contribution in [1.82, 2.24) is 0 Å². The van der Waals surface area contributed by atoms with Crippen LogP contribution in [0.5, 0.6) is 0 Å². The molecule has 23 heavy (non-hydrogen) atoms. The van der Waals surface area contributed by atoms with Gasteiger partial charge in [0.15, 0.2) is 12.4 Å². The predicted molar refractivity (Wildman–Crippen MR) is 88.2 cm³/mol. The van der Waals surface area contributed by atoms with Gasteiger partial charge in [0.1, 0.15) is 6.54 Å². The molecule has 1 aromatic heterocycles. The van der Waals surface area contributed by atoms with Crippen LogP contribution in [0.25, 0.3) is 12.2 Å². The SMILES string of the molecule is Cc1cccc(/C=C\c2cc[n+](CCCCC(=O)O)cc2)c1.[Cl-]. The Bertz CT molecular complexity index is 651. The van der Waals surface area contributed by atoms with Gasteiger partial charge in [-0.1, -0.05) is 42.0 Å². The average Bonchev–Trinajstić information content (AvgIpc) is 2.51. The summed E-state index contributed by atoms with van der Waals surface area (Å²) in [5.74, 6) is -0.721. The summed E-state index contributed by atoms with van der Waals surface area (Å²) in [6.07, 6.45) is 10.1. The number of halogens is 1. The normalized spacial score (nSPS) is 10.5. The molecular formula is C19H22ClNO2. The molecule has 0 amide bonds. The van der Waals surface area contributed by atoms with Crippen LogP contribution in [-0.2, 0) is 11.3 Å². The second-order valence-electron chi connectivity index (χ2n) is 5.47. The van der Waals surface area contributed by atoms with E-state index < -0.39 is 5.97 Å². The van der Waals surface area contributed by atoms with E-state index in [1.54, 1.807) is 0 Å². The van der Waals surface area contributed by atoms with Crippen molar-refractivity contribution in [1.29, 1.82) is 0 Å². The Balaban J connectivity index is 0.00000264. The standard InChI is InChI=1S/C19H21NO2.ClH/c1-16-5-4-6-18(15-16)9-8-17-10-13-20(14-11-17)12-3-2-7-19(21)22;/h4-6,8-11,13-15H,2-3,7,12H2,1H3;1H/b9-8-;. The molecule has 1 aromatic carbocycles. The molecule has 0 radical (unpaired) electrons. The van der Waals surface area contributed by atoms with Gasteiger partial charge in [0.25, 0.3) is 0 Å². The maximum absolute atomic E-state index is 10.5. The van der Waals surface area contributed by atoms with E-state index in [-0.39, 0.29) is 18.8 Å². The largest absolute Gasteiger partial charge is 1.00 e. The summed E-state index contributed by atoms with van der Waals surface area (Å²) < 4.78 is 2.09. The number of carboxylic acid groups (broad SMARTS) is 1. The number of hydrogen-bond donors (Lipinski definition) is 1. The van der Waals surface area contributed by atoms with E-state index in [2.05, 4.69) is 60.0 Å². The third-order valence-corrected chi connectivity index (χ3v) is 3.48. The van der Waals surface area contributed by atoms with Crippen LogP contribution < -0.4 is 17.0 Å². The van der Waals surface area contributed by atoms with Gasteiger partial charge in [0.2, 0.25) is 0 Å². The fourth-order valence-corrected chi connectivity index (χ4v) is 2.27. The lowest BCUT2D eigenvalue weighted by Crippen LogP contribution is -3.00. The first kappa shape index (κ1) is 18.9. The number of carbonyl (C=O) groups is 1. The number of unbranched alkanes of at least 4 members (excludes halogenated alkanes) is 1. The zero-order valence-electron chi connectivity index (χ0n) is 13.3. The Morgan fingerprint density at radius 1 is 1.09 bits per heavy atom. The topological polar surface area (TPSA) is 41.2 Å². The second kappa shape index (κ2) is 9.80. The Hall–Kier alpha value is -2.13. The van der Waals surface area contributed by atoms with Gasteiger partial charge in [0.05, 0.1) is 0 Å². The number of hydrogen-bond acceptors (Lipinski definition) is 1. The molecule has 2 rings (SSSR count). The summed E-state index contributed by atoms with van der Waals surface area (Å²) in [6.45, 7) is 2.95. The van der Waals surface area contributed by atoms with Crippen molar-refractivity contribution in [2.24, 2.45) is 0 Å².